The average Bonchev–Trinajstić information content (AvgIpc) is 2.69. The lowest BCUT2D eigenvalue weighted by atomic mass is 10.0. The summed E-state index contributed by atoms with van der Waals surface area (Å²) in [6.45, 7) is 1.82. The number of nitrogens with zero attached hydrogens (tertiary/aromatic N) is 1. The monoisotopic (exact) mass is 402 g/mol. The molecule has 28 heavy (non-hydrogen) atoms. The molecule has 0 saturated heterocycles. The van der Waals surface area contributed by atoms with E-state index in [-0.39, 0.29) is 17.5 Å². The number of H-pyrrole nitrogens is 1. The highest BCUT2D eigenvalue weighted by Crippen LogP contribution is 2.23. The van der Waals surface area contributed by atoms with Crippen LogP contribution < -0.4 is 10.3 Å². The summed E-state index contributed by atoms with van der Waals surface area (Å²) in [6, 6.07) is 11.3. The number of halogens is 2. The van der Waals surface area contributed by atoms with Crippen molar-refractivity contribution in [3.63, 3.8) is 0 Å². The van der Waals surface area contributed by atoms with E-state index in [2.05, 4.69) is 9.97 Å². The second-order valence-corrected chi connectivity index (χ2v) is 7.13. The fourth-order valence-corrected chi connectivity index (χ4v) is 3.68. The van der Waals surface area contributed by atoms with Crippen LogP contribution in [0.4, 0.5) is 8.78 Å². The van der Waals surface area contributed by atoms with E-state index in [9.17, 15) is 13.6 Å². The van der Waals surface area contributed by atoms with Crippen LogP contribution in [0.15, 0.2) is 52.4 Å². The summed E-state index contributed by atoms with van der Waals surface area (Å²) in [5.74, 6) is 0.0706. The lowest BCUT2D eigenvalue weighted by Gasteiger charge is -2.10. The van der Waals surface area contributed by atoms with E-state index in [0.717, 1.165) is 11.3 Å². The van der Waals surface area contributed by atoms with Gasteiger partial charge in [-0.15, -0.1) is 0 Å². The minimum Gasteiger partial charge on any atom is -0.497 e. The van der Waals surface area contributed by atoms with Crippen molar-refractivity contribution in [1.82, 2.24) is 9.97 Å². The van der Waals surface area contributed by atoms with E-state index in [4.69, 9.17) is 4.74 Å². The predicted molar refractivity (Wildman–Crippen MR) is 106 cm³/mol. The first-order valence-electron chi connectivity index (χ1n) is 8.82. The summed E-state index contributed by atoms with van der Waals surface area (Å²) in [5.41, 5.74) is 1.52. The Kier molecular flexibility index (Phi) is 6.46. The Morgan fingerprint density at radius 3 is 2.36 bits per heavy atom. The fourth-order valence-electron chi connectivity index (χ4n) is 2.84. The summed E-state index contributed by atoms with van der Waals surface area (Å²) in [4.78, 5) is 19.7. The molecular formula is C21H20F2N2O2S. The van der Waals surface area contributed by atoms with Gasteiger partial charge >= 0.3 is 0 Å². The van der Waals surface area contributed by atoms with Crippen molar-refractivity contribution in [2.75, 3.05) is 7.11 Å². The van der Waals surface area contributed by atoms with Crippen molar-refractivity contribution in [2.24, 2.45) is 0 Å². The molecule has 3 rings (SSSR count). The molecule has 0 radical (unpaired) electrons. The van der Waals surface area contributed by atoms with E-state index >= 15 is 0 Å². The van der Waals surface area contributed by atoms with Crippen molar-refractivity contribution in [1.29, 1.82) is 0 Å². The Bertz CT molecular complexity index is 1000. The van der Waals surface area contributed by atoms with Crippen molar-refractivity contribution >= 4 is 11.8 Å². The lowest BCUT2D eigenvalue weighted by Crippen LogP contribution is -2.19. The first-order chi connectivity index (χ1) is 13.5. The molecule has 0 aliphatic heterocycles. The predicted octanol–water partition coefficient (Wildman–Crippen LogP) is 4.50. The third kappa shape index (κ3) is 4.59. The molecule has 1 heterocycles. The maximum atomic E-state index is 14.0. The Balaban J connectivity index is 1.86. The number of ether oxygens (including phenoxy) is 1. The molecule has 0 spiro atoms. The molecule has 146 valence electrons. The number of benzene rings is 2. The molecule has 2 aromatic carbocycles. The van der Waals surface area contributed by atoms with E-state index in [1.165, 1.54) is 30.0 Å². The topological polar surface area (TPSA) is 55.0 Å². The largest absolute Gasteiger partial charge is 0.497 e. The zero-order valence-corrected chi connectivity index (χ0v) is 16.4. The van der Waals surface area contributed by atoms with Crippen molar-refractivity contribution in [3.05, 3.63) is 86.8 Å². The smallest absolute Gasteiger partial charge is 0.254 e. The van der Waals surface area contributed by atoms with E-state index in [1.54, 1.807) is 7.11 Å². The molecule has 0 unspecified atom stereocenters. The molecule has 0 bridgehead atoms. The molecule has 4 nitrogen and oxygen atoms in total. The Labute approximate surface area is 166 Å². The summed E-state index contributed by atoms with van der Waals surface area (Å²) < 4.78 is 33.2. The first kappa shape index (κ1) is 20.1. The third-order valence-electron chi connectivity index (χ3n) is 4.37. The standard InChI is InChI=1S/C21H20F2N2O2S/c1-3-15-19(11-16-17(22)5-4-6-18(16)23)24-21(25-20(15)26)28-12-13-7-9-14(27-2)10-8-13/h4-10H,3,11-12H2,1-2H3,(H,24,25,26). The SMILES string of the molecule is CCc1c(Cc2c(F)cccc2F)nc(SCc2ccc(OC)cc2)[nH]c1=O. The molecule has 7 heteroatoms. The zero-order chi connectivity index (χ0) is 20.1. The second kappa shape index (κ2) is 9.01. The quantitative estimate of drug-likeness (QED) is 0.467. The van der Waals surface area contributed by atoms with Gasteiger partial charge in [0.2, 0.25) is 0 Å². The molecule has 0 amide bonds. The third-order valence-corrected chi connectivity index (χ3v) is 5.32. The maximum Gasteiger partial charge on any atom is 0.254 e. The van der Waals surface area contributed by atoms with Crippen LogP contribution in [0, 0.1) is 11.6 Å². The number of nitrogens with one attached hydrogen (secondary N) is 1. The van der Waals surface area contributed by atoms with Gasteiger partial charge in [0.25, 0.3) is 5.56 Å². The van der Waals surface area contributed by atoms with Crippen LogP contribution in [0.2, 0.25) is 0 Å². The first-order valence-corrected chi connectivity index (χ1v) is 9.81. The van der Waals surface area contributed by atoms with Crippen LogP contribution in [0.1, 0.15) is 29.3 Å². The number of thioether (sulfide) groups is 1. The van der Waals surface area contributed by atoms with Gasteiger partial charge in [-0.2, -0.15) is 0 Å². The van der Waals surface area contributed by atoms with Gasteiger partial charge in [-0.05, 0) is 36.2 Å². The molecule has 3 aromatic rings. The van der Waals surface area contributed by atoms with Gasteiger partial charge in [-0.1, -0.05) is 36.9 Å². The molecule has 0 aliphatic rings. The molecule has 0 saturated carbocycles. The minimum atomic E-state index is -0.642. The van der Waals surface area contributed by atoms with Crippen molar-refractivity contribution in [3.8, 4) is 5.75 Å². The van der Waals surface area contributed by atoms with Gasteiger partial charge in [0.15, 0.2) is 5.16 Å². The number of rotatable bonds is 7. The normalized spacial score (nSPS) is 10.9. The molecule has 0 aliphatic carbocycles. The van der Waals surface area contributed by atoms with Crippen molar-refractivity contribution < 1.29 is 13.5 Å². The molecule has 1 N–H and O–H groups in total. The second-order valence-electron chi connectivity index (χ2n) is 6.16. The van der Waals surface area contributed by atoms with Gasteiger partial charge < -0.3 is 9.72 Å². The van der Waals surface area contributed by atoms with Gasteiger partial charge in [0, 0.05) is 23.3 Å². The highest BCUT2D eigenvalue weighted by molar-refractivity contribution is 7.98. The molecule has 0 atom stereocenters. The molecule has 0 fully saturated rings. The lowest BCUT2D eigenvalue weighted by molar-refractivity contribution is 0.414. The molecular weight excluding hydrogens is 382 g/mol. The summed E-state index contributed by atoms with van der Waals surface area (Å²) in [5, 5.41) is 0.421. The van der Waals surface area contributed by atoms with E-state index in [0.29, 0.717) is 28.6 Å². The Morgan fingerprint density at radius 1 is 1.07 bits per heavy atom. The number of methoxy groups -OCH3 is 1. The highest BCUT2D eigenvalue weighted by atomic mass is 32.2. The van der Waals surface area contributed by atoms with Gasteiger partial charge in [0.1, 0.15) is 17.4 Å². The van der Waals surface area contributed by atoms with E-state index in [1.807, 2.05) is 31.2 Å². The summed E-state index contributed by atoms with van der Waals surface area (Å²) in [7, 11) is 1.60. The van der Waals surface area contributed by atoms with Crippen LogP contribution in [-0.2, 0) is 18.6 Å². The minimum absolute atomic E-state index is 0.0678. The van der Waals surface area contributed by atoms with Crippen molar-refractivity contribution in [2.45, 2.75) is 30.7 Å². The van der Waals surface area contributed by atoms with Crippen LogP contribution >= 0.6 is 11.8 Å². The average molecular weight is 402 g/mol. The molecule has 1 aromatic heterocycles. The fraction of sp³-hybridized carbons (Fsp3) is 0.238. The highest BCUT2D eigenvalue weighted by Gasteiger charge is 2.16. The summed E-state index contributed by atoms with van der Waals surface area (Å²) >= 11 is 1.36. The maximum absolute atomic E-state index is 14.0. The Hall–Kier alpha value is -2.67. The number of hydrogen-bond acceptors (Lipinski definition) is 4. The van der Waals surface area contributed by atoms with Crippen LogP contribution in [0.3, 0.4) is 0 Å². The summed E-state index contributed by atoms with van der Waals surface area (Å²) in [6.07, 6.45) is 0.360. The number of aromatic nitrogens is 2. The van der Waals surface area contributed by atoms with Gasteiger partial charge in [-0.3, -0.25) is 4.79 Å². The zero-order valence-electron chi connectivity index (χ0n) is 15.6. The van der Waals surface area contributed by atoms with E-state index < -0.39 is 11.6 Å². The van der Waals surface area contributed by atoms with Crippen LogP contribution in [-0.4, -0.2) is 17.1 Å². The Morgan fingerprint density at radius 2 is 1.75 bits per heavy atom. The van der Waals surface area contributed by atoms with Gasteiger partial charge in [0.05, 0.1) is 12.8 Å². The van der Waals surface area contributed by atoms with Gasteiger partial charge in [-0.25, -0.2) is 13.8 Å². The van der Waals surface area contributed by atoms with Crippen LogP contribution in [0.5, 0.6) is 5.75 Å². The number of hydrogen-bond donors (Lipinski definition) is 1. The number of aromatic amines is 1. The van der Waals surface area contributed by atoms with Crippen LogP contribution in [0.25, 0.3) is 0 Å².